The van der Waals surface area contributed by atoms with E-state index in [1.807, 2.05) is 24.3 Å². The van der Waals surface area contributed by atoms with Crippen molar-refractivity contribution in [2.24, 2.45) is 0 Å². The number of carbonyl (C=O) groups excluding carboxylic acids is 1. The van der Waals surface area contributed by atoms with Crippen LogP contribution >= 0.6 is 0 Å². The molecule has 3 nitrogen and oxygen atoms in total. The number of ketones is 1. The standard InChI is InChI=1S/C22H32O3/c1-2-3-4-5-9-12-15-18-21(23)19-16-13-10-7-6-8-11-14-17-20-22(24)25/h3-4,6-7,9,12-13,15-16,18H,2,5,8,10-11,14,17,19-20H2,1H3,(H,24,25). The van der Waals surface area contributed by atoms with Crippen LogP contribution in [0, 0.1) is 0 Å². The van der Waals surface area contributed by atoms with Crippen LogP contribution in [-0.4, -0.2) is 16.9 Å². The van der Waals surface area contributed by atoms with Crippen molar-refractivity contribution in [3.63, 3.8) is 0 Å². The normalized spacial score (nSPS) is 12.5. The van der Waals surface area contributed by atoms with E-state index >= 15 is 0 Å². The second-order valence-corrected chi connectivity index (χ2v) is 5.74. The van der Waals surface area contributed by atoms with Crippen LogP contribution in [0.25, 0.3) is 0 Å². The van der Waals surface area contributed by atoms with Gasteiger partial charge in [-0.2, -0.15) is 0 Å². The zero-order valence-electron chi connectivity index (χ0n) is 15.4. The number of hydrogen-bond donors (Lipinski definition) is 1. The molecule has 25 heavy (non-hydrogen) atoms. The van der Waals surface area contributed by atoms with Gasteiger partial charge in [0.1, 0.15) is 0 Å². The molecule has 0 radical (unpaired) electrons. The lowest BCUT2D eigenvalue weighted by Gasteiger charge is -1.94. The molecular formula is C22H32O3. The average Bonchev–Trinajstić information content (AvgIpc) is 2.58. The second kappa shape index (κ2) is 18.2. The van der Waals surface area contributed by atoms with Crippen LogP contribution < -0.4 is 0 Å². The minimum absolute atomic E-state index is 0.104. The van der Waals surface area contributed by atoms with Gasteiger partial charge in [0.2, 0.25) is 0 Å². The van der Waals surface area contributed by atoms with Crippen LogP contribution in [0.3, 0.4) is 0 Å². The molecule has 0 fully saturated rings. The monoisotopic (exact) mass is 344 g/mol. The quantitative estimate of drug-likeness (QED) is 0.173. The molecule has 0 aliphatic heterocycles. The third-order valence-corrected chi connectivity index (χ3v) is 3.39. The van der Waals surface area contributed by atoms with Crippen LogP contribution in [0.15, 0.2) is 60.8 Å². The van der Waals surface area contributed by atoms with Gasteiger partial charge in [-0.05, 0) is 44.6 Å². The predicted molar refractivity (Wildman–Crippen MR) is 106 cm³/mol. The lowest BCUT2D eigenvalue weighted by atomic mass is 10.1. The molecule has 0 aromatic carbocycles. The minimum atomic E-state index is -0.717. The van der Waals surface area contributed by atoms with Crippen molar-refractivity contribution >= 4 is 11.8 Å². The van der Waals surface area contributed by atoms with Crippen molar-refractivity contribution in [2.45, 2.75) is 64.7 Å². The molecule has 0 bridgehead atoms. The topological polar surface area (TPSA) is 54.4 Å². The van der Waals surface area contributed by atoms with Gasteiger partial charge in [0.25, 0.3) is 0 Å². The van der Waals surface area contributed by atoms with Crippen LogP contribution in [0.5, 0.6) is 0 Å². The molecule has 1 N–H and O–H groups in total. The van der Waals surface area contributed by atoms with Gasteiger partial charge in [-0.15, -0.1) is 0 Å². The molecular weight excluding hydrogens is 312 g/mol. The van der Waals surface area contributed by atoms with Crippen molar-refractivity contribution < 1.29 is 14.7 Å². The SMILES string of the molecule is CCC=CCC=CC=CC(=O)CC=CCC=CCCCCCC(=O)O. The molecule has 0 rings (SSSR count). The zero-order chi connectivity index (χ0) is 18.6. The number of unbranched alkanes of at least 4 members (excludes halogenated alkanes) is 3. The Hall–Kier alpha value is -2.16. The smallest absolute Gasteiger partial charge is 0.303 e. The molecule has 0 aromatic heterocycles. The second-order valence-electron chi connectivity index (χ2n) is 5.74. The third kappa shape index (κ3) is 19.8. The Kier molecular flexibility index (Phi) is 16.6. The highest BCUT2D eigenvalue weighted by atomic mass is 16.4. The Balaban J connectivity index is 3.63. The van der Waals surface area contributed by atoms with E-state index in [1.165, 1.54) is 0 Å². The zero-order valence-corrected chi connectivity index (χ0v) is 15.4. The van der Waals surface area contributed by atoms with Gasteiger partial charge in [-0.3, -0.25) is 9.59 Å². The van der Waals surface area contributed by atoms with Crippen molar-refractivity contribution in [1.82, 2.24) is 0 Å². The van der Waals surface area contributed by atoms with Crippen LogP contribution in [0.4, 0.5) is 0 Å². The minimum Gasteiger partial charge on any atom is -0.481 e. The first kappa shape index (κ1) is 22.8. The van der Waals surface area contributed by atoms with E-state index in [0.717, 1.165) is 44.9 Å². The molecule has 0 aromatic rings. The van der Waals surface area contributed by atoms with Gasteiger partial charge >= 0.3 is 5.97 Å². The number of carboxylic acid groups (broad SMARTS) is 1. The summed E-state index contributed by atoms with van der Waals surface area (Å²) in [5.41, 5.74) is 0. The number of carbonyl (C=O) groups is 2. The Bertz CT molecular complexity index is 493. The Labute approximate surface area is 152 Å². The van der Waals surface area contributed by atoms with Gasteiger partial charge < -0.3 is 5.11 Å². The van der Waals surface area contributed by atoms with Gasteiger partial charge in [0.15, 0.2) is 5.78 Å². The summed E-state index contributed by atoms with van der Waals surface area (Å²) >= 11 is 0. The number of aliphatic carboxylic acids is 1. The fourth-order valence-corrected chi connectivity index (χ4v) is 2.03. The van der Waals surface area contributed by atoms with Gasteiger partial charge in [0, 0.05) is 12.8 Å². The first-order valence-electron chi connectivity index (χ1n) is 9.19. The first-order valence-corrected chi connectivity index (χ1v) is 9.19. The van der Waals surface area contributed by atoms with Gasteiger partial charge in [-0.25, -0.2) is 0 Å². The van der Waals surface area contributed by atoms with Crippen LogP contribution in [0.1, 0.15) is 64.7 Å². The van der Waals surface area contributed by atoms with Gasteiger partial charge in [-0.1, -0.05) is 68.0 Å². The maximum atomic E-state index is 11.6. The van der Waals surface area contributed by atoms with Crippen molar-refractivity contribution in [3.8, 4) is 0 Å². The summed E-state index contributed by atoms with van der Waals surface area (Å²) in [4.78, 5) is 22.0. The summed E-state index contributed by atoms with van der Waals surface area (Å²) in [5, 5.41) is 8.52. The number of hydrogen-bond acceptors (Lipinski definition) is 2. The number of allylic oxidation sites excluding steroid dienone is 10. The summed E-state index contributed by atoms with van der Waals surface area (Å²) in [6, 6.07) is 0. The summed E-state index contributed by atoms with van der Waals surface area (Å²) in [6.07, 6.45) is 26.9. The molecule has 0 saturated carbocycles. The Morgan fingerprint density at radius 1 is 0.800 bits per heavy atom. The third-order valence-electron chi connectivity index (χ3n) is 3.39. The Morgan fingerprint density at radius 2 is 1.52 bits per heavy atom. The summed E-state index contributed by atoms with van der Waals surface area (Å²) < 4.78 is 0. The van der Waals surface area contributed by atoms with Crippen molar-refractivity contribution in [2.75, 3.05) is 0 Å². The Morgan fingerprint density at radius 3 is 2.28 bits per heavy atom. The molecule has 0 aliphatic carbocycles. The lowest BCUT2D eigenvalue weighted by Crippen LogP contribution is -1.93. The van der Waals surface area contributed by atoms with Crippen molar-refractivity contribution in [3.05, 3.63) is 60.8 Å². The number of carboxylic acids is 1. The molecule has 0 atom stereocenters. The molecule has 0 aliphatic rings. The molecule has 0 amide bonds. The van der Waals surface area contributed by atoms with Crippen LogP contribution in [-0.2, 0) is 9.59 Å². The summed E-state index contributed by atoms with van der Waals surface area (Å²) in [5.74, 6) is -0.613. The molecule has 3 heteroatoms. The highest BCUT2D eigenvalue weighted by molar-refractivity contribution is 5.90. The average molecular weight is 344 g/mol. The summed E-state index contributed by atoms with van der Waals surface area (Å²) in [6.45, 7) is 2.10. The molecule has 0 unspecified atom stereocenters. The highest BCUT2D eigenvalue weighted by Gasteiger charge is 1.94. The lowest BCUT2D eigenvalue weighted by molar-refractivity contribution is -0.137. The van der Waals surface area contributed by atoms with E-state index in [2.05, 4.69) is 31.2 Å². The molecule has 138 valence electrons. The maximum absolute atomic E-state index is 11.6. The largest absolute Gasteiger partial charge is 0.481 e. The van der Waals surface area contributed by atoms with E-state index in [4.69, 9.17) is 5.11 Å². The summed E-state index contributed by atoms with van der Waals surface area (Å²) in [7, 11) is 0. The van der Waals surface area contributed by atoms with E-state index < -0.39 is 5.97 Å². The van der Waals surface area contributed by atoms with E-state index in [9.17, 15) is 9.59 Å². The highest BCUT2D eigenvalue weighted by Crippen LogP contribution is 2.04. The fraction of sp³-hybridized carbons (Fsp3) is 0.455. The van der Waals surface area contributed by atoms with Gasteiger partial charge in [0.05, 0.1) is 0 Å². The molecule has 0 saturated heterocycles. The van der Waals surface area contributed by atoms with E-state index in [1.54, 1.807) is 12.2 Å². The molecule has 0 heterocycles. The van der Waals surface area contributed by atoms with E-state index in [-0.39, 0.29) is 12.2 Å². The molecule has 0 spiro atoms. The fourth-order valence-electron chi connectivity index (χ4n) is 2.03. The maximum Gasteiger partial charge on any atom is 0.303 e. The predicted octanol–water partition coefficient (Wildman–Crippen LogP) is 5.95. The number of rotatable bonds is 15. The van der Waals surface area contributed by atoms with Crippen LogP contribution in [0.2, 0.25) is 0 Å². The van der Waals surface area contributed by atoms with Crippen molar-refractivity contribution in [1.29, 1.82) is 0 Å². The first-order chi connectivity index (χ1) is 12.2. The van der Waals surface area contributed by atoms with E-state index in [0.29, 0.717) is 6.42 Å².